The minimum Gasteiger partial charge on any atom is -0.357 e. The molecule has 1 aromatic rings. The molecule has 1 N–H and O–H groups in total. The molecule has 5 heteroatoms. The van der Waals surface area contributed by atoms with Crippen molar-refractivity contribution < 1.29 is 0 Å². The van der Waals surface area contributed by atoms with Gasteiger partial charge in [0.2, 0.25) is 5.95 Å². The average molecular weight is 252 g/mol. The van der Waals surface area contributed by atoms with Crippen LogP contribution in [0.15, 0.2) is 6.20 Å². The molecule has 94 valence electrons. The Balaban J connectivity index is 2.31. The maximum Gasteiger partial charge on any atom is 0.224 e. The van der Waals surface area contributed by atoms with Crippen LogP contribution in [0.5, 0.6) is 0 Å². The van der Waals surface area contributed by atoms with Crippen LogP contribution in [0.4, 0.5) is 11.8 Å². The SMILES string of the molecule is CNc1ncc(C)c(N2CCSC(C)C2C)n1. The fourth-order valence-corrected chi connectivity index (χ4v) is 3.18. The Kier molecular flexibility index (Phi) is 3.76. The molecule has 1 aliphatic rings. The topological polar surface area (TPSA) is 41.1 Å². The lowest BCUT2D eigenvalue weighted by molar-refractivity contribution is 0.618. The van der Waals surface area contributed by atoms with Gasteiger partial charge in [-0.2, -0.15) is 16.7 Å². The molecule has 2 atom stereocenters. The zero-order chi connectivity index (χ0) is 12.4. The summed E-state index contributed by atoms with van der Waals surface area (Å²) in [4.78, 5) is 11.2. The lowest BCUT2D eigenvalue weighted by atomic mass is 10.2. The highest BCUT2D eigenvalue weighted by molar-refractivity contribution is 8.00. The van der Waals surface area contributed by atoms with Gasteiger partial charge in [0.05, 0.1) is 0 Å². The van der Waals surface area contributed by atoms with E-state index in [1.165, 1.54) is 5.75 Å². The molecular formula is C12H20N4S. The molecule has 1 aromatic heterocycles. The standard InChI is InChI=1S/C12H20N4S/c1-8-7-14-12(13-4)15-11(8)16-5-6-17-10(3)9(16)2/h7,9-10H,5-6H2,1-4H3,(H,13,14,15). The molecule has 0 aromatic carbocycles. The van der Waals surface area contributed by atoms with Gasteiger partial charge in [-0.1, -0.05) is 6.92 Å². The van der Waals surface area contributed by atoms with Gasteiger partial charge in [0.25, 0.3) is 0 Å². The maximum absolute atomic E-state index is 4.59. The number of nitrogens with one attached hydrogen (secondary N) is 1. The van der Waals surface area contributed by atoms with Crippen LogP contribution in [0.1, 0.15) is 19.4 Å². The van der Waals surface area contributed by atoms with Crippen LogP contribution in [0.3, 0.4) is 0 Å². The Hall–Kier alpha value is -0.970. The smallest absolute Gasteiger partial charge is 0.224 e. The highest BCUT2D eigenvalue weighted by Gasteiger charge is 2.27. The second kappa shape index (κ2) is 5.12. The third kappa shape index (κ3) is 2.49. The Morgan fingerprint density at radius 2 is 2.24 bits per heavy atom. The Morgan fingerprint density at radius 3 is 2.94 bits per heavy atom. The summed E-state index contributed by atoms with van der Waals surface area (Å²) in [6.45, 7) is 7.71. The van der Waals surface area contributed by atoms with Crippen molar-refractivity contribution in [3.8, 4) is 0 Å². The lowest BCUT2D eigenvalue weighted by Crippen LogP contribution is -2.45. The van der Waals surface area contributed by atoms with E-state index in [1.807, 2.05) is 25.0 Å². The quantitative estimate of drug-likeness (QED) is 0.873. The lowest BCUT2D eigenvalue weighted by Gasteiger charge is -2.39. The largest absolute Gasteiger partial charge is 0.357 e. The van der Waals surface area contributed by atoms with Crippen molar-refractivity contribution in [1.29, 1.82) is 0 Å². The van der Waals surface area contributed by atoms with Crippen molar-refractivity contribution in [2.24, 2.45) is 0 Å². The number of hydrogen-bond acceptors (Lipinski definition) is 5. The van der Waals surface area contributed by atoms with E-state index in [4.69, 9.17) is 0 Å². The summed E-state index contributed by atoms with van der Waals surface area (Å²) in [5.74, 6) is 2.94. The van der Waals surface area contributed by atoms with E-state index in [0.29, 0.717) is 17.2 Å². The second-order valence-electron chi connectivity index (χ2n) is 4.46. The highest BCUT2D eigenvalue weighted by Crippen LogP contribution is 2.29. The van der Waals surface area contributed by atoms with Crippen LogP contribution in [0, 0.1) is 6.92 Å². The van der Waals surface area contributed by atoms with Crippen LogP contribution >= 0.6 is 11.8 Å². The predicted octanol–water partition coefficient (Wildman–Crippen LogP) is 2.16. The minimum absolute atomic E-state index is 0.520. The molecule has 2 rings (SSSR count). The molecule has 2 heterocycles. The number of rotatable bonds is 2. The van der Waals surface area contributed by atoms with Gasteiger partial charge in [0.15, 0.2) is 0 Å². The number of aromatic nitrogens is 2. The third-order valence-corrected chi connectivity index (χ3v) is 4.66. The van der Waals surface area contributed by atoms with Gasteiger partial charge in [-0.05, 0) is 13.8 Å². The summed E-state index contributed by atoms with van der Waals surface area (Å²) < 4.78 is 0. The fraction of sp³-hybridized carbons (Fsp3) is 0.667. The minimum atomic E-state index is 0.520. The zero-order valence-electron chi connectivity index (χ0n) is 10.9. The van der Waals surface area contributed by atoms with Gasteiger partial charge in [-0.15, -0.1) is 0 Å². The van der Waals surface area contributed by atoms with Gasteiger partial charge in [-0.3, -0.25) is 0 Å². The van der Waals surface area contributed by atoms with E-state index in [9.17, 15) is 0 Å². The van der Waals surface area contributed by atoms with Crippen molar-refractivity contribution >= 4 is 23.5 Å². The van der Waals surface area contributed by atoms with Crippen LogP contribution < -0.4 is 10.2 Å². The molecule has 0 spiro atoms. The summed E-state index contributed by atoms with van der Waals surface area (Å²) in [5.41, 5.74) is 1.15. The van der Waals surface area contributed by atoms with E-state index >= 15 is 0 Å². The highest BCUT2D eigenvalue weighted by atomic mass is 32.2. The zero-order valence-corrected chi connectivity index (χ0v) is 11.7. The Labute approximate surface area is 107 Å². The summed E-state index contributed by atoms with van der Waals surface area (Å²) in [6, 6.07) is 0.520. The third-order valence-electron chi connectivity index (χ3n) is 3.32. The summed E-state index contributed by atoms with van der Waals surface area (Å²) >= 11 is 2.04. The van der Waals surface area contributed by atoms with Crippen molar-refractivity contribution in [1.82, 2.24) is 9.97 Å². The maximum atomic E-state index is 4.59. The first kappa shape index (κ1) is 12.5. The number of nitrogens with zero attached hydrogens (tertiary/aromatic N) is 3. The molecule has 17 heavy (non-hydrogen) atoms. The molecule has 1 saturated heterocycles. The molecule has 0 radical (unpaired) electrons. The monoisotopic (exact) mass is 252 g/mol. The molecule has 0 saturated carbocycles. The predicted molar refractivity (Wildman–Crippen MR) is 75.0 cm³/mol. The molecule has 4 nitrogen and oxygen atoms in total. The Morgan fingerprint density at radius 1 is 1.47 bits per heavy atom. The fourth-order valence-electron chi connectivity index (χ4n) is 2.08. The second-order valence-corrected chi connectivity index (χ2v) is 5.95. The van der Waals surface area contributed by atoms with E-state index in [1.54, 1.807) is 0 Å². The van der Waals surface area contributed by atoms with Gasteiger partial charge >= 0.3 is 0 Å². The van der Waals surface area contributed by atoms with E-state index < -0.39 is 0 Å². The van der Waals surface area contributed by atoms with Crippen LogP contribution in [0.2, 0.25) is 0 Å². The first-order chi connectivity index (χ1) is 8.13. The van der Waals surface area contributed by atoms with Crippen molar-refractivity contribution in [2.75, 3.05) is 29.6 Å². The molecule has 0 bridgehead atoms. The van der Waals surface area contributed by atoms with E-state index in [0.717, 1.165) is 17.9 Å². The van der Waals surface area contributed by atoms with Gasteiger partial charge in [-0.25, -0.2) is 4.98 Å². The molecule has 1 aliphatic heterocycles. The summed E-state index contributed by atoms with van der Waals surface area (Å²) in [7, 11) is 1.85. The molecule has 1 fully saturated rings. The van der Waals surface area contributed by atoms with Gasteiger partial charge < -0.3 is 10.2 Å². The van der Waals surface area contributed by atoms with Gasteiger partial charge in [0.1, 0.15) is 5.82 Å². The summed E-state index contributed by atoms with van der Waals surface area (Å²) in [6.07, 6.45) is 1.90. The molecule has 0 amide bonds. The average Bonchev–Trinajstić information content (AvgIpc) is 2.34. The van der Waals surface area contributed by atoms with Crippen LogP contribution in [0.25, 0.3) is 0 Å². The first-order valence-corrected chi connectivity index (χ1v) is 7.08. The number of thioether (sulfide) groups is 1. The Bertz CT molecular complexity index is 396. The molecular weight excluding hydrogens is 232 g/mol. The molecule has 0 aliphatic carbocycles. The van der Waals surface area contributed by atoms with Crippen molar-refractivity contribution in [2.45, 2.75) is 32.1 Å². The van der Waals surface area contributed by atoms with Crippen molar-refractivity contribution in [3.63, 3.8) is 0 Å². The normalized spacial score (nSPS) is 24.8. The van der Waals surface area contributed by atoms with Crippen molar-refractivity contribution in [3.05, 3.63) is 11.8 Å². The number of aryl methyl sites for hydroxylation is 1. The van der Waals surface area contributed by atoms with E-state index in [2.05, 4.69) is 41.0 Å². The van der Waals surface area contributed by atoms with Gasteiger partial charge in [0, 0.05) is 42.4 Å². The number of anilines is 2. The summed E-state index contributed by atoms with van der Waals surface area (Å²) in [5, 5.41) is 3.65. The number of hydrogen-bond donors (Lipinski definition) is 1. The molecule has 2 unspecified atom stereocenters. The first-order valence-electron chi connectivity index (χ1n) is 6.03. The van der Waals surface area contributed by atoms with E-state index in [-0.39, 0.29) is 0 Å². The van der Waals surface area contributed by atoms with Crippen LogP contribution in [-0.4, -0.2) is 40.6 Å². The van der Waals surface area contributed by atoms with Crippen LogP contribution in [-0.2, 0) is 0 Å².